The number of anilines is 1. The Labute approximate surface area is 72.3 Å². The van der Waals surface area contributed by atoms with E-state index in [1.54, 1.807) is 0 Å². The molecule has 0 aliphatic carbocycles. The summed E-state index contributed by atoms with van der Waals surface area (Å²) in [6.45, 7) is 0. The highest BCUT2D eigenvalue weighted by Gasteiger charge is 1.85. The van der Waals surface area contributed by atoms with Gasteiger partial charge in [-0.15, -0.1) is 0 Å². The molecule has 0 atom stereocenters. The molecule has 1 nitrogen and oxygen atoms in total. The second kappa shape index (κ2) is 4.09. The molecule has 0 bridgehead atoms. The molecular formula is C9H11NS. The molecule has 0 saturated heterocycles. The molecule has 1 aromatic carbocycles. The van der Waals surface area contributed by atoms with Crippen molar-refractivity contribution >= 4 is 24.4 Å². The highest BCUT2D eigenvalue weighted by Crippen LogP contribution is 2.07. The summed E-state index contributed by atoms with van der Waals surface area (Å²) in [4.78, 5) is 0. The fraction of sp³-hybridized carbons (Fsp3) is 0.111. The first-order valence-electron chi connectivity index (χ1n) is 3.46. The van der Waals surface area contributed by atoms with Crippen LogP contribution in [0.25, 0.3) is 6.08 Å². The van der Waals surface area contributed by atoms with Crippen molar-refractivity contribution in [2.45, 2.75) is 0 Å². The average molecular weight is 165 g/mol. The number of hydrogen-bond acceptors (Lipinski definition) is 2. The van der Waals surface area contributed by atoms with Gasteiger partial charge in [0.05, 0.1) is 0 Å². The summed E-state index contributed by atoms with van der Waals surface area (Å²) in [6.07, 6.45) is 3.99. The van der Waals surface area contributed by atoms with Gasteiger partial charge in [0.25, 0.3) is 0 Å². The van der Waals surface area contributed by atoms with Crippen LogP contribution in [0.5, 0.6) is 0 Å². The minimum atomic E-state index is 0.759. The Bertz CT molecular complexity index is 255. The van der Waals surface area contributed by atoms with Gasteiger partial charge < -0.3 is 5.73 Å². The van der Waals surface area contributed by atoms with Gasteiger partial charge in [-0.3, -0.25) is 0 Å². The Morgan fingerprint density at radius 3 is 2.91 bits per heavy atom. The van der Waals surface area contributed by atoms with Gasteiger partial charge >= 0.3 is 0 Å². The van der Waals surface area contributed by atoms with Crippen LogP contribution in [0.3, 0.4) is 0 Å². The van der Waals surface area contributed by atoms with Gasteiger partial charge in [-0.05, 0) is 17.7 Å². The van der Waals surface area contributed by atoms with Crippen molar-refractivity contribution in [3.05, 3.63) is 35.9 Å². The van der Waals surface area contributed by atoms with Crippen LogP contribution >= 0.6 is 12.6 Å². The highest BCUT2D eigenvalue weighted by atomic mass is 32.1. The van der Waals surface area contributed by atoms with Gasteiger partial charge in [0.2, 0.25) is 0 Å². The third-order valence-corrected chi connectivity index (χ3v) is 1.54. The number of rotatable bonds is 2. The van der Waals surface area contributed by atoms with Crippen LogP contribution in [-0.4, -0.2) is 5.75 Å². The molecule has 0 fully saturated rings. The van der Waals surface area contributed by atoms with Gasteiger partial charge in [-0.1, -0.05) is 24.3 Å². The molecule has 1 aromatic rings. The second-order valence-electron chi connectivity index (χ2n) is 2.26. The minimum Gasteiger partial charge on any atom is -0.399 e. The van der Waals surface area contributed by atoms with Crippen LogP contribution < -0.4 is 5.73 Å². The lowest BCUT2D eigenvalue weighted by Gasteiger charge is -1.94. The van der Waals surface area contributed by atoms with E-state index in [4.69, 9.17) is 5.73 Å². The van der Waals surface area contributed by atoms with Gasteiger partial charge in [0, 0.05) is 11.4 Å². The molecule has 0 aliphatic heterocycles. The maximum absolute atomic E-state index is 5.58. The van der Waals surface area contributed by atoms with Crippen LogP contribution in [0, 0.1) is 0 Å². The number of nitrogens with two attached hydrogens (primary N) is 1. The van der Waals surface area contributed by atoms with E-state index in [1.807, 2.05) is 36.4 Å². The van der Waals surface area contributed by atoms with E-state index in [2.05, 4.69) is 12.6 Å². The Morgan fingerprint density at radius 1 is 1.45 bits per heavy atom. The highest BCUT2D eigenvalue weighted by molar-refractivity contribution is 7.80. The van der Waals surface area contributed by atoms with Crippen LogP contribution in [0.1, 0.15) is 5.56 Å². The predicted octanol–water partition coefficient (Wildman–Crippen LogP) is 2.21. The number of hydrogen-bond donors (Lipinski definition) is 2. The zero-order chi connectivity index (χ0) is 8.10. The topological polar surface area (TPSA) is 26.0 Å². The lowest BCUT2D eigenvalue weighted by molar-refractivity contribution is 1.63. The number of nitrogen functional groups attached to an aromatic ring is 1. The standard InChI is InChI=1S/C9H11NS/c10-9-5-1-3-8(7-9)4-2-6-11/h1-5,7,11H,6,10H2. The smallest absolute Gasteiger partial charge is 0.0319 e. The normalized spacial score (nSPS) is 10.6. The SMILES string of the molecule is Nc1cccc(C=CCS)c1. The van der Waals surface area contributed by atoms with Crippen LogP contribution in [0.4, 0.5) is 5.69 Å². The zero-order valence-corrected chi connectivity index (χ0v) is 7.09. The molecule has 0 amide bonds. The third kappa shape index (κ3) is 2.68. The first-order chi connectivity index (χ1) is 5.33. The largest absolute Gasteiger partial charge is 0.399 e. The molecule has 0 aliphatic rings. The van der Waals surface area contributed by atoms with Crippen LogP contribution in [-0.2, 0) is 0 Å². The average Bonchev–Trinajstić information content (AvgIpc) is 2.01. The van der Waals surface area contributed by atoms with Crippen molar-refractivity contribution in [1.82, 2.24) is 0 Å². The fourth-order valence-electron chi connectivity index (χ4n) is 0.851. The molecule has 0 unspecified atom stereocenters. The Hall–Kier alpha value is -0.890. The Morgan fingerprint density at radius 2 is 2.27 bits per heavy atom. The quantitative estimate of drug-likeness (QED) is 0.510. The first kappa shape index (κ1) is 8.21. The van der Waals surface area contributed by atoms with Crippen molar-refractivity contribution in [2.75, 3.05) is 11.5 Å². The third-order valence-electron chi connectivity index (χ3n) is 1.33. The summed E-state index contributed by atoms with van der Waals surface area (Å²) in [5.74, 6) is 0.759. The van der Waals surface area contributed by atoms with E-state index >= 15 is 0 Å². The summed E-state index contributed by atoms with van der Waals surface area (Å²) < 4.78 is 0. The van der Waals surface area contributed by atoms with Crippen LogP contribution in [0.15, 0.2) is 30.3 Å². The van der Waals surface area contributed by atoms with E-state index in [0.29, 0.717) is 0 Å². The molecule has 11 heavy (non-hydrogen) atoms. The van der Waals surface area contributed by atoms with Crippen molar-refractivity contribution in [3.8, 4) is 0 Å². The van der Waals surface area contributed by atoms with E-state index in [1.165, 1.54) is 0 Å². The fourth-order valence-corrected chi connectivity index (χ4v) is 0.957. The van der Waals surface area contributed by atoms with Crippen molar-refractivity contribution < 1.29 is 0 Å². The van der Waals surface area contributed by atoms with Crippen molar-refractivity contribution in [3.63, 3.8) is 0 Å². The Balaban J connectivity index is 2.79. The molecular weight excluding hydrogens is 154 g/mol. The maximum Gasteiger partial charge on any atom is 0.0319 e. The molecule has 2 heteroatoms. The summed E-state index contributed by atoms with van der Waals surface area (Å²) in [5, 5.41) is 0. The number of thiol groups is 1. The first-order valence-corrected chi connectivity index (χ1v) is 4.09. The van der Waals surface area contributed by atoms with Crippen molar-refractivity contribution in [1.29, 1.82) is 0 Å². The summed E-state index contributed by atoms with van der Waals surface area (Å²) in [5.41, 5.74) is 7.50. The van der Waals surface area contributed by atoms with E-state index < -0.39 is 0 Å². The lowest BCUT2D eigenvalue weighted by Crippen LogP contribution is -1.83. The van der Waals surface area contributed by atoms with Crippen LogP contribution in [0.2, 0.25) is 0 Å². The zero-order valence-electron chi connectivity index (χ0n) is 6.20. The molecule has 0 heterocycles. The van der Waals surface area contributed by atoms with E-state index in [-0.39, 0.29) is 0 Å². The van der Waals surface area contributed by atoms with Crippen molar-refractivity contribution in [2.24, 2.45) is 0 Å². The monoisotopic (exact) mass is 165 g/mol. The Kier molecular flexibility index (Phi) is 3.05. The van der Waals surface area contributed by atoms with E-state index in [9.17, 15) is 0 Å². The minimum absolute atomic E-state index is 0.759. The molecule has 0 saturated carbocycles. The van der Waals surface area contributed by atoms with Gasteiger partial charge in [0.15, 0.2) is 0 Å². The molecule has 1 rings (SSSR count). The molecule has 0 spiro atoms. The van der Waals surface area contributed by atoms with Gasteiger partial charge in [-0.25, -0.2) is 0 Å². The second-order valence-corrected chi connectivity index (χ2v) is 2.62. The van der Waals surface area contributed by atoms with E-state index in [0.717, 1.165) is 17.0 Å². The van der Waals surface area contributed by atoms with Gasteiger partial charge in [0.1, 0.15) is 0 Å². The van der Waals surface area contributed by atoms with Gasteiger partial charge in [-0.2, -0.15) is 12.6 Å². The summed E-state index contributed by atoms with van der Waals surface area (Å²) in [6, 6.07) is 7.75. The molecule has 58 valence electrons. The molecule has 2 N–H and O–H groups in total. The summed E-state index contributed by atoms with van der Waals surface area (Å²) in [7, 11) is 0. The maximum atomic E-state index is 5.58. The number of benzene rings is 1. The summed E-state index contributed by atoms with van der Waals surface area (Å²) >= 11 is 4.06. The lowest BCUT2D eigenvalue weighted by atomic mass is 10.2. The molecule has 0 radical (unpaired) electrons. The predicted molar refractivity (Wildman–Crippen MR) is 53.7 cm³/mol. The molecule has 0 aromatic heterocycles.